The van der Waals surface area contributed by atoms with Gasteiger partial charge in [-0.1, -0.05) is 35.9 Å². The molecule has 0 amide bonds. The van der Waals surface area contributed by atoms with E-state index >= 15 is 0 Å². The lowest BCUT2D eigenvalue weighted by atomic mass is 10.1. The fraction of sp³-hybridized carbons (Fsp3) is 0.400. The molecule has 6 nitrogen and oxygen atoms in total. The first kappa shape index (κ1) is 27.4. The van der Waals surface area contributed by atoms with E-state index < -0.39 is 0 Å². The second kappa shape index (κ2) is 13.2. The van der Waals surface area contributed by atoms with Gasteiger partial charge in [0.05, 0.1) is 48.6 Å². The van der Waals surface area contributed by atoms with Crippen molar-refractivity contribution in [3.8, 4) is 23.0 Å². The van der Waals surface area contributed by atoms with Crippen molar-refractivity contribution in [2.24, 2.45) is 0 Å². The summed E-state index contributed by atoms with van der Waals surface area (Å²) in [5, 5.41) is 3.60. The molecule has 0 spiro atoms. The van der Waals surface area contributed by atoms with Crippen LogP contribution in [0.1, 0.15) is 23.1 Å². The fourth-order valence-electron chi connectivity index (χ4n) is 4.43. The van der Waals surface area contributed by atoms with E-state index in [9.17, 15) is 0 Å². The molecule has 0 aliphatic carbocycles. The number of nitrogens with one attached hydrogen (secondary N) is 1. The van der Waals surface area contributed by atoms with Gasteiger partial charge in [0, 0.05) is 38.1 Å². The zero-order valence-electron chi connectivity index (χ0n) is 22.6. The Hall–Kier alpha value is -3.22. The summed E-state index contributed by atoms with van der Waals surface area (Å²) in [7, 11) is 8.99. The van der Waals surface area contributed by atoms with Crippen LogP contribution >= 0.6 is 0 Å². The average molecular weight is 494 g/mol. The molecule has 0 fully saturated rings. The van der Waals surface area contributed by atoms with Gasteiger partial charge in [0.2, 0.25) is 0 Å². The molecule has 36 heavy (non-hydrogen) atoms. The molecular weight excluding hydrogens is 452 g/mol. The number of rotatable bonds is 14. The predicted molar refractivity (Wildman–Crippen MR) is 148 cm³/mol. The molecule has 0 radical (unpaired) electrons. The van der Waals surface area contributed by atoms with E-state index in [4.69, 9.17) is 18.9 Å². The normalized spacial score (nSPS) is 12.6. The predicted octanol–water partition coefficient (Wildman–Crippen LogP) is 5.39. The lowest BCUT2D eigenvalue weighted by Gasteiger charge is -2.35. The highest BCUT2D eigenvalue weighted by Crippen LogP contribution is 2.34. The van der Waals surface area contributed by atoms with Gasteiger partial charge < -0.3 is 24.3 Å². The summed E-state index contributed by atoms with van der Waals surface area (Å²) < 4.78 is 22.8. The first-order valence-corrected chi connectivity index (χ1v) is 12.5. The first-order valence-electron chi connectivity index (χ1n) is 12.5. The van der Waals surface area contributed by atoms with Gasteiger partial charge in [-0.15, -0.1) is 0 Å². The topological polar surface area (TPSA) is 49.0 Å². The van der Waals surface area contributed by atoms with Crippen LogP contribution in [0.4, 0.5) is 5.69 Å². The average Bonchev–Trinajstić information content (AvgIpc) is 2.92. The Balaban J connectivity index is 1.72. The maximum atomic E-state index is 5.61. The molecule has 0 heterocycles. The van der Waals surface area contributed by atoms with Crippen LogP contribution in [0, 0.1) is 6.92 Å². The molecule has 0 saturated carbocycles. The molecule has 0 aliphatic rings. The van der Waals surface area contributed by atoms with Crippen LogP contribution in [0.2, 0.25) is 0 Å². The molecular formula is C30H41N2O4+. The van der Waals surface area contributed by atoms with Crippen molar-refractivity contribution >= 4 is 5.69 Å². The second-order valence-corrected chi connectivity index (χ2v) is 9.34. The minimum atomic E-state index is 0.743. The smallest absolute Gasteiger partial charge is 0.166 e. The van der Waals surface area contributed by atoms with E-state index in [2.05, 4.69) is 67.8 Å². The summed E-state index contributed by atoms with van der Waals surface area (Å²) in [6, 6.07) is 21.1. The van der Waals surface area contributed by atoms with E-state index in [1.165, 1.54) is 22.4 Å². The Morgan fingerprint density at radius 2 is 1.25 bits per heavy atom. The zero-order chi connectivity index (χ0) is 26.0. The summed E-state index contributed by atoms with van der Waals surface area (Å²) in [6.45, 7) is 5.87. The van der Waals surface area contributed by atoms with Gasteiger partial charge in [-0.3, -0.25) is 4.48 Å². The Morgan fingerprint density at radius 1 is 0.667 bits per heavy atom. The summed E-state index contributed by atoms with van der Waals surface area (Å²) in [4.78, 5) is 0. The minimum absolute atomic E-state index is 0.743. The number of quaternary nitrogens is 1. The quantitative estimate of drug-likeness (QED) is 0.241. The van der Waals surface area contributed by atoms with Crippen molar-refractivity contribution in [1.82, 2.24) is 9.80 Å². The van der Waals surface area contributed by atoms with Gasteiger partial charge in [0.1, 0.15) is 5.69 Å². The van der Waals surface area contributed by atoms with E-state index in [1.54, 1.807) is 28.4 Å². The zero-order valence-corrected chi connectivity index (χ0v) is 22.6. The van der Waals surface area contributed by atoms with Crippen molar-refractivity contribution in [2.45, 2.75) is 26.3 Å². The number of aryl methyl sites for hydroxylation is 1. The van der Waals surface area contributed by atoms with Crippen LogP contribution < -0.4 is 28.7 Å². The molecule has 3 aromatic carbocycles. The summed E-state index contributed by atoms with van der Waals surface area (Å²) in [5.74, 6) is 3.00. The lowest BCUT2D eigenvalue weighted by molar-refractivity contribution is 0.319. The van der Waals surface area contributed by atoms with Crippen LogP contribution in [0.25, 0.3) is 0 Å². The summed E-state index contributed by atoms with van der Waals surface area (Å²) in [5.41, 5.74) is 5.02. The molecule has 3 rings (SSSR count). The number of hydrogen-bond acceptors (Lipinski definition) is 5. The van der Waals surface area contributed by atoms with Crippen molar-refractivity contribution in [3.05, 3.63) is 77.4 Å². The van der Waals surface area contributed by atoms with E-state index in [-0.39, 0.29) is 0 Å². The fourth-order valence-corrected chi connectivity index (χ4v) is 4.43. The summed E-state index contributed by atoms with van der Waals surface area (Å²) in [6.07, 6.45) is 1.95. The maximum Gasteiger partial charge on any atom is 0.166 e. The van der Waals surface area contributed by atoms with Crippen molar-refractivity contribution in [1.29, 1.82) is 0 Å². The number of methoxy groups -OCH3 is 4. The molecule has 0 saturated heterocycles. The highest BCUT2D eigenvalue weighted by Gasteiger charge is 2.26. The monoisotopic (exact) mass is 493 g/mol. The number of benzene rings is 3. The molecule has 1 atom stereocenters. The highest BCUT2D eigenvalue weighted by atomic mass is 16.5. The van der Waals surface area contributed by atoms with Gasteiger partial charge in [0.25, 0.3) is 0 Å². The molecule has 0 aromatic heterocycles. The molecule has 6 heteroatoms. The lowest BCUT2D eigenvalue weighted by Crippen LogP contribution is -2.48. The van der Waals surface area contributed by atoms with Gasteiger partial charge in [-0.05, 0) is 36.2 Å². The van der Waals surface area contributed by atoms with Crippen molar-refractivity contribution in [3.63, 3.8) is 0 Å². The van der Waals surface area contributed by atoms with Crippen molar-refractivity contribution in [2.75, 3.05) is 55.1 Å². The number of nitrogens with zero attached hydrogens (tertiary/aromatic N) is 1. The van der Waals surface area contributed by atoms with E-state index in [0.29, 0.717) is 0 Å². The third-order valence-electron chi connectivity index (χ3n) is 6.79. The molecule has 1 unspecified atom stereocenters. The molecule has 3 aromatic rings. The molecule has 194 valence electrons. The van der Waals surface area contributed by atoms with Crippen LogP contribution in [0.5, 0.6) is 23.0 Å². The van der Waals surface area contributed by atoms with Crippen LogP contribution in [0.15, 0.2) is 60.7 Å². The third-order valence-corrected chi connectivity index (χ3v) is 6.79. The van der Waals surface area contributed by atoms with Crippen molar-refractivity contribution < 1.29 is 18.9 Å². The number of likely N-dealkylation sites (N-methyl/N-ethyl adjacent to an activating group) is 1. The molecule has 0 aliphatic heterocycles. The second-order valence-electron chi connectivity index (χ2n) is 9.34. The Bertz CT molecular complexity index is 1100. The number of hydrogen-bond donors (Lipinski definition) is 1. The maximum absolute atomic E-state index is 5.61. The largest absolute Gasteiger partial charge is 0.493 e. The standard InChI is InChI=1S/C30H41N2O4/c1-23-8-10-25(11-9-23)22-31-17-7-18-32(2,26-13-15-28(34-4)30(21-26)36-6)19-16-24-12-14-27(33-3)29(20-24)35-5/h8-15,20-21,31H,7,16-19,22H2,1-6H3/q+1. The van der Waals surface area contributed by atoms with Crippen LogP contribution in [-0.2, 0) is 13.0 Å². The Morgan fingerprint density at radius 3 is 1.89 bits per heavy atom. The summed E-state index contributed by atoms with van der Waals surface area (Å²) >= 11 is 0. The Labute approximate surface area is 216 Å². The van der Waals surface area contributed by atoms with E-state index in [0.717, 1.165) is 66.5 Å². The van der Waals surface area contributed by atoms with Gasteiger partial charge in [-0.2, -0.15) is 0 Å². The van der Waals surface area contributed by atoms with E-state index in [1.807, 2.05) is 12.1 Å². The SMILES string of the molecule is COc1ccc(CC[N+](C)(CCCNCc2ccc(C)cc2)c2ccc(OC)c(OC)c2)cc1OC. The van der Waals surface area contributed by atoms with Crippen LogP contribution in [0.3, 0.4) is 0 Å². The highest BCUT2D eigenvalue weighted by molar-refractivity contribution is 5.54. The van der Waals surface area contributed by atoms with Crippen LogP contribution in [-0.4, -0.2) is 55.1 Å². The van der Waals surface area contributed by atoms with Gasteiger partial charge in [0.15, 0.2) is 23.0 Å². The number of ether oxygens (including phenoxy) is 4. The first-order chi connectivity index (χ1) is 17.4. The minimum Gasteiger partial charge on any atom is -0.493 e. The molecule has 0 bridgehead atoms. The van der Waals surface area contributed by atoms with Gasteiger partial charge in [-0.25, -0.2) is 0 Å². The van der Waals surface area contributed by atoms with Gasteiger partial charge >= 0.3 is 0 Å². The Kier molecular flexibility index (Phi) is 10.0. The third kappa shape index (κ3) is 7.15. The molecule has 1 N–H and O–H groups in total.